The number of hydrogen-bond acceptors (Lipinski definition) is 7. The van der Waals surface area contributed by atoms with E-state index in [9.17, 15) is 19.5 Å². The van der Waals surface area contributed by atoms with E-state index in [1.54, 1.807) is 6.92 Å². The summed E-state index contributed by atoms with van der Waals surface area (Å²) in [5, 5.41) is 31.7. The summed E-state index contributed by atoms with van der Waals surface area (Å²) in [6, 6.07) is 24.5. The molecule has 4 aromatic rings. The monoisotopic (exact) mass is 644 g/mol. The molecule has 0 aliphatic carbocycles. The molecule has 1 aliphatic heterocycles. The fourth-order valence-corrected chi connectivity index (χ4v) is 5.69. The molecule has 3 N–H and O–H groups in total. The fourth-order valence-electron chi connectivity index (χ4n) is 5.69. The second-order valence-electron chi connectivity index (χ2n) is 11.7. The Balaban J connectivity index is 1.49. The Labute approximate surface area is 279 Å². The van der Waals surface area contributed by atoms with Crippen molar-refractivity contribution in [3.8, 4) is 11.8 Å². The predicted molar refractivity (Wildman–Crippen MR) is 184 cm³/mol. The number of nitrogens with one attached hydrogen (secondary N) is 3. The van der Waals surface area contributed by atoms with Crippen LogP contribution in [0.15, 0.2) is 89.9 Å². The van der Waals surface area contributed by atoms with Crippen LogP contribution in [0.2, 0.25) is 0 Å². The van der Waals surface area contributed by atoms with Crippen molar-refractivity contribution in [1.29, 1.82) is 5.41 Å². The van der Waals surface area contributed by atoms with Crippen molar-refractivity contribution in [3.05, 3.63) is 96.1 Å². The molecule has 5 rings (SSSR count). The number of amides is 2. The third kappa shape index (κ3) is 8.43. The minimum Gasteiger partial charge on any atom is -0.860 e. The first-order valence-electron chi connectivity index (χ1n) is 16.0. The van der Waals surface area contributed by atoms with Crippen molar-refractivity contribution < 1.29 is 24.2 Å². The normalized spacial score (nSPS) is 14.8. The molecule has 0 bridgehead atoms. The summed E-state index contributed by atoms with van der Waals surface area (Å²) in [4.78, 5) is 44.7. The standard InChI is InChI=1S/C38H39N5O5/c1-3-48-38(47)34(39)42-36(45)33(24-26-13-16-28-9-5-7-11-31(28)23-26)43(2)37(46)32(41-35(44)29-18-20-40-21-19-29)17-14-25-12-15-27-8-4-6-10-30(27)22-25/h4-13,15-16,22-23,29,32-33,40H,3,18-21,24H2,1-2H3,(H,41,44)(H2,39,42,45)/p-1/t32-,33-/m1/s1. The van der Waals surface area contributed by atoms with E-state index < -0.39 is 35.7 Å². The zero-order valence-corrected chi connectivity index (χ0v) is 27.0. The van der Waals surface area contributed by atoms with Gasteiger partial charge in [0.25, 0.3) is 5.91 Å². The number of aliphatic imine (C=N–C) groups is 1. The second kappa shape index (κ2) is 15.8. The molecule has 4 aromatic carbocycles. The molecule has 246 valence electrons. The van der Waals surface area contributed by atoms with E-state index in [0.29, 0.717) is 31.5 Å². The summed E-state index contributed by atoms with van der Waals surface area (Å²) < 4.78 is 4.84. The number of carbonyl (C=O) groups is 3. The van der Waals surface area contributed by atoms with Crippen LogP contribution >= 0.6 is 0 Å². The molecule has 0 aromatic heterocycles. The van der Waals surface area contributed by atoms with E-state index in [1.165, 1.54) is 11.9 Å². The molecule has 10 heteroatoms. The maximum absolute atomic E-state index is 14.2. The highest BCUT2D eigenvalue weighted by Crippen LogP contribution is 2.19. The van der Waals surface area contributed by atoms with E-state index in [0.717, 1.165) is 27.1 Å². The van der Waals surface area contributed by atoms with Crippen LogP contribution < -0.4 is 15.7 Å². The van der Waals surface area contributed by atoms with Gasteiger partial charge in [0.15, 0.2) is 6.04 Å². The van der Waals surface area contributed by atoms with Gasteiger partial charge in [0, 0.05) is 18.5 Å². The van der Waals surface area contributed by atoms with Gasteiger partial charge in [-0.15, -0.1) is 0 Å². The lowest BCUT2D eigenvalue weighted by atomic mass is 9.96. The number of piperidine rings is 1. The molecule has 2 atom stereocenters. The van der Waals surface area contributed by atoms with Crippen LogP contribution in [-0.4, -0.2) is 73.2 Å². The lowest BCUT2D eigenvalue weighted by molar-refractivity contribution is -0.224. The lowest BCUT2D eigenvalue weighted by Crippen LogP contribution is -2.55. The summed E-state index contributed by atoms with van der Waals surface area (Å²) >= 11 is 0. The summed E-state index contributed by atoms with van der Waals surface area (Å²) in [5.74, 6) is 2.04. The van der Waals surface area contributed by atoms with Gasteiger partial charge in [-0.1, -0.05) is 84.6 Å². The SMILES string of the molecule is CCOC(=O)C(=N)N=C([O-])[C@@H](Cc1ccc2ccccc2c1)N(C)C(=O)[C@@H](C#Cc1ccc2ccccc2c1)NC(=O)C1CCNCC1. The predicted octanol–water partition coefficient (Wildman–Crippen LogP) is 3.20. The topological polar surface area (TPSA) is 147 Å². The van der Waals surface area contributed by atoms with E-state index in [-0.39, 0.29) is 24.9 Å². The van der Waals surface area contributed by atoms with Crippen LogP contribution in [0.4, 0.5) is 0 Å². The number of likely N-dealkylation sites (N-methyl/N-ethyl adjacent to an activating group) is 1. The number of benzene rings is 4. The van der Waals surface area contributed by atoms with Crippen LogP contribution in [0.25, 0.3) is 21.5 Å². The van der Waals surface area contributed by atoms with Crippen molar-refractivity contribution in [1.82, 2.24) is 15.5 Å². The van der Waals surface area contributed by atoms with Crippen molar-refractivity contribution in [3.63, 3.8) is 0 Å². The first kappa shape index (κ1) is 33.8. The Bertz CT molecular complexity index is 1920. The average Bonchev–Trinajstić information content (AvgIpc) is 3.11. The highest BCUT2D eigenvalue weighted by atomic mass is 16.5. The van der Waals surface area contributed by atoms with Crippen molar-refractivity contribution in [2.24, 2.45) is 10.9 Å². The molecule has 2 amide bonds. The van der Waals surface area contributed by atoms with Gasteiger partial charge in [-0.25, -0.2) is 9.79 Å². The first-order valence-corrected chi connectivity index (χ1v) is 16.0. The summed E-state index contributed by atoms with van der Waals surface area (Å²) in [7, 11) is 1.44. The molecule has 1 heterocycles. The van der Waals surface area contributed by atoms with Crippen LogP contribution in [0.3, 0.4) is 0 Å². The first-order chi connectivity index (χ1) is 23.2. The quantitative estimate of drug-likeness (QED) is 0.116. The number of fused-ring (bicyclic) bond motifs is 2. The molecule has 10 nitrogen and oxygen atoms in total. The Morgan fingerprint density at radius 3 is 2.27 bits per heavy atom. The molecule has 0 unspecified atom stereocenters. The number of amidine groups is 1. The number of rotatable bonds is 8. The van der Waals surface area contributed by atoms with Crippen LogP contribution in [-0.2, 0) is 25.5 Å². The molecular formula is C38H38N5O5-. The van der Waals surface area contributed by atoms with E-state index in [4.69, 9.17) is 10.1 Å². The third-order valence-corrected chi connectivity index (χ3v) is 8.39. The number of ether oxygens (including phenoxy) is 1. The van der Waals surface area contributed by atoms with Crippen LogP contribution in [0.1, 0.15) is 30.9 Å². The van der Waals surface area contributed by atoms with Crippen molar-refractivity contribution in [2.75, 3.05) is 26.7 Å². The molecule has 1 aliphatic rings. The smallest absolute Gasteiger partial charge is 0.375 e. The Hall–Kier alpha value is -5.53. The molecule has 48 heavy (non-hydrogen) atoms. The molecule has 0 spiro atoms. The number of nitrogens with zero attached hydrogens (tertiary/aromatic N) is 2. The maximum Gasteiger partial charge on any atom is 0.375 e. The highest BCUT2D eigenvalue weighted by Gasteiger charge is 2.31. The summed E-state index contributed by atoms with van der Waals surface area (Å²) in [6.07, 6.45) is 1.29. The van der Waals surface area contributed by atoms with Gasteiger partial charge in [-0.3, -0.25) is 15.0 Å². The second-order valence-corrected chi connectivity index (χ2v) is 11.7. The lowest BCUT2D eigenvalue weighted by Gasteiger charge is -2.34. The van der Waals surface area contributed by atoms with Gasteiger partial charge in [0.1, 0.15) is 0 Å². The minimum absolute atomic E-state index is 0.0120. The van der Waals surface area contributed by atoms with Gasteiger partial charge in [-0.05, 0) is 84.4 Å². The van der Waals surface area contributed by atoms with Gasteiger partial charge in [-0.2, -0.15) is 0 Å². The fraction of sp³-hybridized carbons (Fsp3) is 0.289. The Morgan fingerprint density at radius 2 is 1.60 bits per heavy atom. The van der Waals surface area contributed by atoms with Gasteiger partial charge in [0.05, 0.1) is 12.6 Å². The van der Waals surface area contributed by atoms with E-state index in [2.05, 4.69) is 27.5 Å². The van der Waals surface area contributed by atoms with Crippen molar-refractivity contribution in [2.45, 2.75) is 38.3 Å². The third-order valence-electron chi connectivity index (χ3n) is 8.39. The molecule has 1 saturated heterocycles. The molecular weight excluding hydrogens is 606 g/mol. The van der Waals surface area contributed by atoms with Gasteiger partial charge in [0.2, 0.25) is 11.7 Å². The zero-order valence-electron chi connectivity index (χ0n) is 27.0. The largest absolute Gasteiger partial charge is 0.860 e. The van der Waals surface area contributed by atoms with Crippen molar-refractivity contribution >= 4 is 51.1 Å². The number of carbonyl (C=O) groups excluding carboxylic acids is 3. The highest BCUT2D eigenvalue weighted by molar-refractivity contribution is 6.36. The van der Waals surface area contributed by atoms with E-state index in [1.807, 2.05) is 84.9 Å². The van der Waals surface area contributed by atoms with Gasteiger partial charge < -0.3 is 25.4 Å². The Morgan fingerprint density at radius 1 is 0.979 bits per heavy atom. The minimum atomic E-state index is -1.28. The van der Waals surface area contributed by atoms with Crippen LogP contribution in [0.5, 0.6) is 0 Å². The number of esters is 1. The molecule has 0 saturated carbocycles. The number of hydrogen-bond donors (Lipinski definition) is 3. The average molecular weight is 645 g/mol. The Kier molecular flexibility index (Phi) is 11.2. The molecule has 0 radical (unpaired) electrons. The van der Waals surface area contributed by atoms with E-state index >= 15 is 0 Å². The van der Waals surface area contributed by atoms with Crippen LogP contribution in [0, 0.1) is 23.2 Å². The summed E-state index contributed by atoms with van der Waals surface area (Å²) in [6.45, 7) is 2.97. The maximum atomic E-state index is 14.2. The zero-order chi connectivity index (χ0) is 34.0. The summed E-state index contributed by atoms with van der Waals surface area (Å²) in [5.41, 5.74) is 1.40. The molecule has 1 fully saturated rings. The van der Waals surface area contributed by atoms with Gasteiger partial charge >= 0.3 is 5.97 Å².